The number of epoxide rings is 2. The fraction of sp³-hybridized carbons (Fsp3) is 0.857. The lowest BCUT2D eigenvalue weighted by Gasteiger charge is -2.36. The van der Waals surface area contributed by atoms with Gasteiger partial charge in [-0.25, -0.2) is 0 Å². The van der Waals surface area contributed by atoms with Crippen LogP contribution < -0.4 is 0 Å². The Bertz CT molecular complexity index is 582. The molecule has 3 aliphatic carbocycles. The first kappa shape index (κ1) is 23.5. The molecule has 0 spiro atoms. The number of nitrogens with zero attached hydrogens (tertiary/aromatic N) is 1. The van der Waals surface area contributed by atoms with Crippen LogP contribution in [0.5, 0.6) is 0 Å². The van der Waals surface area contributed by atoms with Crippen molar-refractivity contribution in [3.8, 4) is 0 Å². The molecule has 2 saturated carbocycles. The summed E-state index contributed by atoms with van der Waals surface area (Å²) in [5.41, 5.74) is 1.44. The molecule has 5 aliphatic rings. The van der Waals surface area contributed by atoms with Crippen molar-refractivity contribution in [2.75, 3.05) is 19.6 Å². The highest BCUT2D eigenvalue weighted by Gasteiger charge is 2.48. The van der Waals surface area contributed by atoms with Crippen molar-refractivity contribution in [1.82, 2.24) is 4.90 Å². The number of hydrogen-bond donors (Lipinski definition) is 0. The summed E-state index contributed by atoms with van der Waals surface area (Å²) in [6.45, 7) is 14.8. The van der Waals surface area contributed by atoms with E-state index in [0.717, 1.165) is 23.7 Å². The fourth-order valence-corrected chi connectivity index (χ4v) is 6.23. The molecule has 8 atom stereocenters. The first-order valence-corrected chi connectivity index (χ1v) is 13.4. The second kappa shape index (κ2) is 11.0. The number of unbranched alkanes of at least 4 members (excludes halogenated alkanes) is 1. The molecular weight excluding hydrogens is 382 g/mol. The Hall–Kier alpha value is -0.640. The van der Waals surface area contributed by atoms with E-state index in [1.54, 1.807) is 0 Å². The summed E-state index contributed by atoms with van der Waals surface area (Å²) in [5.74, 6) is 3.37. The number of rotatable bonds is 8. The first-order valence-electron chi connectivity index (χ1n) is 13.4. The number of allylic oxidation sites excluding steroid dienone is 3. The summed E-state index contributed by atoms with van der Waals surface area (Å²) < 4.78 is 11.6. The van der Waals surface area contributed by atoms with Crippen molar-refractivity contribution in [3.63, 3.8) is 0 Å². The van der Waals surface area contributed by atoms with Crippen molar-refractivity contribution in [2.24, 2.45) is 23.7 Å². The summed E-state index contributed by atoms with van der Waals surface area (Å²) >= 11 is 0. The lowest BCUT2D eigenvalue weighted by Crippen LogP contribution is -2.41. The van der Waals surface area contributed by atoms with Crippen LogP contribution in [-0.2, 0) is 9.47 Å². The molecule has 2 aliphatic heterocycles. The van der Waals surface area contributed by atoms with Gasteiger partial charge in [0.1, 0.15) is 0 Å². The summed E-state index contributed by atoms with van der Waals surface area (Å²) in [6.07, 6.45) is 19.8. The van der Waals surface area contributed by atoms with E-state index in [2.05, 4.69) is 38.3 Å². The standard InChI is InChI=1S/C20H35NO2.C8H12/c1-4-5-6-21(11-15-9-19-17(22-19)7-13(15)2)12-16-10-20-18(23-20)8-14(16)3;1-2-8-6-4-3-5-7-8/h13-20H,4-12H2,1-3H3;2,6H,1,3-5,7H2. The molecule has 5 rings (SSSR count). The van der Waals surface area contributed by atoms with E-state index in [1.807, 2.05) is 6.08 Å². The molecular formula is C28H47NO2. The molecule has 3 nitrogen and oxygen atoms in total. The third-order valence-electron chi connectivity index (χ3n) is 8.66. The minimum Gasteiger partial charge on any atom is -0.370 e. The minimum atomic E-state index is 0.610. The van der Waals surface area contributed by atoms with Gasteiger partial charge < -0.3 is 14.4 Å². The van der Waals surface area contributed by atoms with Crippen LogP contribution >= 0.6 is 0 Å². The zero-order valence-corrected chi connectivity index (χ0v) is 20.4. The molecule has 2 saturated heterocycles. The third kappa shape index (κ3) is 6.68. The van der Waals surface area contributed by atoms with Gasteiger partial charge in [0.2, 0.25) is 0 Å². The average Bonchev–Trinajstić information content (AvgIpc) is 3.69. The molecule has 0 aromatic carbocycles. The Kier molecular flexibility index (Phi) is 8.33. The van der Waals surface area contributed by atoms with Gasteiger partial charge in [0.15, 0.2) is 0 Å². The quantitative estimate of drug-likeness (QED) is 0.419. The Morgan fingerprint density at radius 1 is 0.935 bits per heavy atom. The topological polar surface area (TPSA) is 28.3 Å². The summed E-state index contributed by atoms with van der Waals surface area (Å²) in [4.78, 5) is 2.80. The summed E-state index contributed by atoms with van der Waals surface area (Å²) in [5, 5.41) is 0. The van der Waals surface area contributed by atoms with Gasteiger partial charge >= 0.3 is 0 Å². The van der Waals surface area contributed by atoms with Gasteiger partial charge in [-0.3, -0.25) is 0 Å². The maximum atomic E-state index is 5.79. The lowest BCUT2D eigenvalue weighted by atomic mass is 9.78. The Balaban J connectivity index is 0.000000245. The van der Waals surface area contributed by atoms with Crippen molar-refractivity contribution < 1.29 is 9.47 Å². The normalized spacial score (nSPS) is 40.7. The van der Waals surface area contributed by atoms with E-state index in [1.165, 1.54) is 89.4 Å². The molecule has 0 bridgehead atoms. The molecule has 176 valence electrons. The van der Waals surface area contributed by atoms with Crippen molar-refractivity contribution in [2.45, 2.75) is 109 Å². The molecule has 2 heterocycles. The predicted molar refractivity (Wildman–Crippen MR) is 129 cm³/mol. The van der Waals surface area contributed by atoms with E-state index >= 15 is 0 Å². The monoisotopic (exact) mass is 429 g/mol. The van der Waals surface area contributed by atoms with Gasteiger partial charge in [-0.05, 0) is 88.0 Å². The Labute approximate surface area is 191 Å². The summed E-state index contributed by atoms with van der Waals surface area (Å²) in [7, 11) is 0. The molecule has 8 unspecified atom stereocenters. The van der Waals surface area contributed by atoms with Crippen LogP contribution in [-0.4, -0.2) is 49.0 Å². The van der Waals surface area contributed by atoms with Gasteiger partial charge in [-0.1, -0.05) is 51.5 Å². The molecule has 31 heavy (non-hydrogen) atoms. The van der Waals surface area contributed by atoms with Crippen LogP contribution in [0.15, 0.2) is 24.3 Å². The van der Waals surface area contributed by atoms with Crippen molar-refractivity contribution in [1.29, 1.82) is 0 Å². The largest absolute Gasteiger partial charge is 0.370 e. The number of ether oxygens (including phenoxy) is 2. The molecule has 4 fully saturated rings. The molecule has 0 aromatic heterocycles. The van der Waals surface area contributed by atoms with E-state index in [9.17, 15) is 0 Å². The maximum Gasteiger partial charge on any atom is 0.0845 e. The first-order chi connectivity index (χ1) is 15.1. The van der Waals surface area contributed by atoms with Gasteiger partial charge in [-0.15, -0.1) is 0 Å². The Morgan fingerprint density at radius 3 is 1.97 bits per heavy atom. The van der Waals surface area contributed by atoms with Crippen LogP contribution in [0, 0.1) is 23.7 Å². The van der Waals surface area contributed by atoms with Gasteiger partial charge in [-0.2, -0.15) is 0 Å². The number of fused-ring (bicyclic) bond motifs is 2. The molecule has 0 N–H and O–H groups in total. The highest BCUT2D eigenvalue weighted by molar-refractivity contribution is 5.17. The van der Waals surface area contributed by atoms with Gasteiger partial charge in [0.05, 0.1) is 24.4 Å². The zero-order chi connectivity index (χ0) is 21.8. The average molecular weight is 430 g/mol. The van der Waals surface area contributed by atoms with Crippen LogP contribution in [0.3, 0.4) is 0 Å². The third-order valence-corrected chi connectivity index (χ3v) is 8.66. The van der Waals surface area contributed by atoms with E-state index in [-0.39, 0.29) is 0 Å². The predicted octanol–water partition coefficient (Wildman–Crippen LogP) is 6.39. The number of hydrogen-bond acceptors (Lipinski definition) is 3. The molecule has 3 heteroatoms. The van der Waals surface area contributed by atoms with Crippen LogP contribution in [0.25, 0.3) is 0 Å². The van der Waals surface area contributed by atoms with Crippen molar-refractivity contribution >= 4 is 0 Å². The lowest BCUT2D eigenvalue weighted by molar-refractivity contribution is 0.124. The van der Waals surface area contributed by atoms with E-state index in [4.69, 9.17) is 9.47 Å². The van der Waals surface area contributed by atoms with Crippen LogP contribution in [0.1, 0.15) is 85.0 Å². The fourth-order valence-electron chi connectivity index (χ4n) is 6.23. The second-order valence-electron chi connectivity index (χ2n) is 11.2. The SMILES string of the molecule is C=CC1=CCCCC1.CCCCN(CC1CC2OC2CC1C)CC1CC2OC2CC1C. The molecule has 0 radical (unpaired) electrons. The van der Waals surface area contributed by atoms with Crippen molar-refractivity contribution in [3.05, 3.63) is 24.3 Å². The minimum absolute atomic E-state index is 0.610. The van der Waals surface area contributed by atoms with E-state index < -0.39 is 0 Å². The van der Waals surface area contributed by atoms with Gasteiger partial charge in [0, 0.05) is 13.1 Å². The maximum absolute atomic E-state index is 5.79. The smallest absolute Gasteiger partial charge is 0.0845 e. The van der Waals surface area contributed by atoms with Crippen LogP contribution in [0.2, 0.25) is 0 Å². The van der Waals surface area contributed by atoms with E-state index in [0.29, 0.717) is 24.4 Å². The highest BCUT2D eigenvalue weighted by atomic mass is 16.6. The molecule has 0 aromatic rings. The zero-order valence-electron chi connectivity index (χ0n) is 20.4. The highest BCUT2D eigenvalue weighted by Crippen LogP contribution is 2.44. The summed E-state index contributed by atoms with van der Waals surface area (Å²) in [6, 6.07) is 0. The van der Waals surface area contributed by atoms with Gasteiger partial charge in [0.25, 0.3) is 0 Å². The Morgan fingerprint density at radius 2 is 1.52 bits per heavy atom. The molecule has 0 amide bonds. The van der Waals surface area contributed by atoms with Crippen LogP contribution in [0.4, 0.5) is 0 Å². The second-order valence-corrected chi connectivity index (χ2v) is 11.2.